The number of carbonyl (C=O) groups excluding carboxylic acids is 1. The van der Waals surface area contributed by atoms with Crippen LogP contribution in [0.25, 0.3) is 5.57 Å². The Balaban J connectivity index is 3.21. The van der Waals surface area contributed by atoms with Crippen molar-refractivity contribution < 1.29 is 14.6 Å². The van der Waals surface area contributed by atoms with Crippen LogP contribution in [0.15, 0.2) is 24.8 Å². The Hall–Kier alpha value is -1.77. The van der Waals surface area contributed by atoms with Crippen LogP contribution in [0.4, 0.5) is 0 Å². The van der Waals surface area contributed by atoms with Crippen LogP contribution in [0.2, 0.25) is 0 Å². The van der Waals surface area contributed by atoms with Crippen LogP contribution < -0.4 is 0 Å². The summed E-state index contributed by atoms with van der Waals surface area (Å²) in [6, 6.07) is 4.71. The Morgan fingerprint density at radius 3 is 2.64 bits per heavy atom. The van der Waals surface area contributed by atoms with Crippen molar-refractivity contribution >= 4 is 11.5 Å². The number of esters is 1. The van der Waals surface area contributed by atoms with Gasteiger partial charge >= 0.3 is 5.97 Å². The molecule has 1 aromatic carbocycles. The third kappa shape index (κ3) is 1.93. The number of methoxy groups -OCH3 is 1. The van der Waals surface area contributed by atoms with Crippen molar-refractivity contribution in [3.8, 4) is 5.75 Å². The second kappa shape index (κ2) is 3.96. The van der Waals surface area contributed by atoms with E-state index >= 15 is 0 Å². The minimum atomic E-state index is -0.550. The predicted molar refractivity (Wildman–Crippen MR) is 54.2 cm³/mol. The van der Waals surface area contributed by atoms with Gasteiger partial charge in [0.15, 0.2) is 0 Å². The molecule has 0 radical (unpaired) electrons. The highest BCUT2D eigenvalue weighted by atomic mass is 16.5. The third-order valence-electron chi connectivity index (χ3n) is 1.89. The first-order valence-corrected chi connectivity index (χ1v) is 4.13. The fourth-order valence-electron chi connectivity index (χ4n) is 1.07. The van der Waals surface area contributed by atoms with E-state index in [9.17, 15) is 9.90 Å². The number of hydrogen-bond donors (Lipinski definition) is 1. The number of aromatic hydroxyl groups is 1. The summed E-state index contributed by atoms with van der Waals surface area (Å²) in [7, 11) is 1.27. The molecule has 0 aliphatic rings. The number of phenolic OH excluding ortho intramolecular Hbond substituents is 1. The maximum atomic E-state index is 11.2. The number of benzene rings is 1. The van der Waals surface area contributed by atoms with Crippen molar-refractivity contribution in [2.75, 3.05) is 7.11 Å². The molecule has 74 valence electrons. The fourth-order valence-corrected chi connectivity index (χ4v) is 1.07. The van der Waals surface area contributed by atoms with E-state index in [-0.39, 0.29) is 11.3 Å². The van der Waals surface area contributed by atoms with Crippen molar-refractivity contribution in [3.63, 3.8) is 0 Å². The minimum absolute atomic E-state index is 0.0816. The lowest BCUT2D eigenvalue weighted by molar-refractivity contribution is 0.0597. The van der Waals surface area contributed by atoms with Crippen LogP contribution in [-0.2, 0) is 4.74 Å². The molecule has 14 heavy (non-hydrogen) atoms. The summed E-state index contributed by atoms with van der Waals surface area (Å²) in [6.07, 6.45) is 0. The molecule has 0 aliphatic carbocycles. The maximum absolute atomic E-state index is 11.2. The summed E-state index contributed by atoms with van der Waals surface area (Å²) in [4.78, 5) is 11.2. The van der Waals surface area contributed by atoms with Crippen molar-refractivity contribution in [1.29, 1.82) is 0 Å². The summed E-state index contributed by atoms with van der Waals surface area (Å²) in [6.45, 7) is 5.57. The number of allylic oxidation sites excluding steroid dienone is 1. The van der Waals surface area contributed by atoms with Crippen LogP contribution >= 0.6 is 0 Å². The molecular weight excluding hydrogens is 180 g/mol. The molecule has 0 amide bonds. The largest absolute Gasteiger partial charge is 0.507 e. The second-order valence-corrected chi connectivity index (χ2v) is 3.00. The summed E-state index contributed by atoms with van der Waals surface area (Å²) in [5.41, 5.74) is 1.80. The van der Waals surface area contributed by atoms with Gasteiger partial charge in [-0.1, -0.05) is 18.2 Å². The standard InChI is InChI=1S/C11H12O3/c1-7(2)8-4-5-10(12)9(6-8)11(13)14-3/h4-6,12H,1H2,2-3H3. The Morgan fingerprint density at radius 1 is 1.50 bits per heavy atom. The minimum Gasteiger partial charge on any atom is -0.507 e. The van der Waals surface area contributed by atoms with Gasteiger partial charge in [-0.25, -0.2) is 4.79 Å². The van der Waals surface area contributed by atoms with Crippen LogP contribution in [0.5, 0.6) is 5.75 Å². The van der Waals surface area contributed by atoms with Crippen molar-refractivity contribution in [1.82, 2.24) is 0 Å². The molecule has 0 spiro atoms. The molecule has 0 saturated heterocycles. The summed E-state index contributed by atoms with van der Waals surface area (Å²) < 4.78 is 4.52. The van der Waals surface area contributed by atoms with Gasteiger partial charge in [0.2, 0.25) is 0 Å². The number of ether oxygens (including phenoxy) is 1. The zero-order valence-electron chi connectivity index (χ0n) is 8.20. The molecule has 3 nitrogen and oxygen atoms in total. The fraction of sp³-hybridized carbons (Fsp3) is 0.182. The van der Waals surface area contributed by atoms with Gasteiger partial charge in [-0.15, -0.1) is 0 Å². The Labute approximate surface area is 82.6 Å². The number of rotatable bonds is 2. The maximum Gasteiger partial charge on any atom is 0.341 e. The van der Waals surface area contributed by atoms with E-state index in [0.717, 1.165) is 11.1 Å². The van der Waals surface area contributed by atoms with Gasteiger partial charge in [-0.2, -0.15) is 0 Å². The van der Waals surface area contributed by atoms with Crippen LogP contribution in [0.3, 0.4) is 0 Å². The Kier molecular flexibility index (Phi) is 2.92. The first-order chi connectivity index (χ1) is 6.56. The van der Waals surface area contributed by atoms with Crippen molar-refractivity contribution in [3.05, 3.63) is 35.9 Å². The summed E-state index contributed by atoms with van der Waals surface area (Å²) >= 11 is 0. The van der Waals surface area contributed by atoms with E-state index in [1.807, 2.05) is 6.92 Å². The van der Waals surface area contributed by atoms with E-state index in [2.05, 4.69) is 11.3 Å². The van der Waals surface area contributed by atoms with Gasteiger partial charge in [0.25, 0.3) is 0 Å². The van der Waals surface area contributed by atoms with E-state index < -0.39 is 5.97 Å². The normalized spacial score (nSPS) is 9.57. The van der Waals surface area contributed by atoms with Gasteiger partial charge in [0.1, 0.15) is 11.3 Å². The second-order valence-electron chi connectivity index (χ2n) is 3.00. The highest BCUT2D eigenvalue weighted by Gasteiger charge is 2.11. The lowest BCUT2D eigenvalue weighted by atomic mass is 10.1. The molecule has 1 rings (SSSR count). The molecule has 0 saturated carbocycles. The number of hydrogen-bond acceptors (Lipinski definition) is 3. The molecule has 0 heterocycles. The Morgan fingerprint density at radius 2 is 2.14 bits per heavy atom. The molecule has 0 atom stereocenters. The molecule has 3 heteroatoms. The molecule has 1 N–H and O–H groups in total. The molecule has 0 fully saturated rings. The molecular formula is C11H12O3. The van der Waals surface area contributed by atoms with Crippen molar-refractivity contribution in [2.24, 2.45) is 0 Å². The predicted octanol–water partition coefficient (Wildman–Crippen LogP) is 2.21. The van der Waals surface area contributed by atoms with Gasteiger partial charge < -0.3 is 9.84 Å². The lowest BCUT2D eigenvalue weighted by Crippen LogP contribution is -2.02. The highest BCUT2D eigenvalue weighted by molar-refractivity contribution is 5.93. The Bertz CT molecular complexity index is 380. The van der Waals surface area contributed by atoms with Gasteiger partial charge in [-0.3, -0.25) is 0 Å². The van der Waals surface area contributed by atoms with Gasteiger partial charge in [-0.05, 0) is 24.6 Å². The smallest absolute Gasteiger partial charge is 0.341 e. The molecule has 0 aliphatic heterocycles. The number of phenols is 1. The topological polar surface area (TPSA) is 46.5 Å². The number of carbonyl (C=O) groups is 1. The SMILES string of the molecule is C=C(C)c1ccc(O)c(C(=O)OC)c1. The monoisotopic (exact) mass is 192 g/mol. The van der Waals surface area contributed by atoms with Crippen LogP contribution in [0, 0.1) is 0 Å². The first-order valence-electron chi connectivity index (χ1n) is 4.13. The summed E-state index contributed by atoms with van der Waals surface area (Å²) in [5, 5.41) is 9.39. The van der Waals surface area contributed by atoms with E-state index in [4.69, 9.17) is 0 Å². The van der Waals surface area contributed by atoms with E-state index in [1.165, 1.54) is 13.2 Å². The van der Waals surface area contributed by atoms with E-state index in [1.54, 1.807) is 12.1 Å². The lowest BCUT2D eigenvalue weighted by Gasteiger charge is -2.05. The first kappa shape index (κ1) is 10.3. The molecule has 1 aromatic rings. The quantitative estimate of drug-likeness (QED) is 0.731. The van der Waals surface area contributed by atoms with Gasteiger partial charge in [0.05, 0.1) is 7.11 Å². The zero-order valence-corrected chi connectivity index (χ0v) is 8.20. The van der Waals surface area contributed by atoms with Crippen LogP contribution in [-0.4, -0.2) is 18.2 Å². The average Bonchev–Trinajstić information content (AvgIpc) is 2.17. The van der Waals surface area contributed by atoms with Crippen molar-refractivity contribution in [2.45, 2.75) is 6.92 Å². The van der Waals surface area contributed by atoms with E-state index in [0.29, 0.717) is 0 Å². The third-order valence-corrected chi connectivity index (χ3v) is 1.89. The zero-order chi connectivity index (χ0) is 10.7. The van der Waals surface area contributed by atoms with Crippen LogP contribution in [0.1, 0.15) is 22.8 Å². The molecule has 0 unspecified atom stereocenters. The summed E-state index contributed by atoms with van der Waals surface area (Å²) in [5.74, 6) is -0.632. The van der Waals surface area contributed by atoms with Gasteiger partial charge in [0, 0.05) is 0 Å². The average molecular weight is 192 g/mol. The molecule has 0 aromatic heterocycles. The highest BCUT2D eigenvalue weighted by Crippen LogP contribution is 2.22. The molecule has 0 bridgehead atoms.